The number of hydrogen-bond acceptors (Lipinski definition) is 3. The number of fused-ring (bicyclic) bond motifs is 1. The van der Waals surface area contributed by atoms with Gasteiger partial charge in [0.1, 0.15) is 0 Å². The van der Waals surface area contributed by atoms with Crippen molar-refractivity contribution in [3.63, 3.8) is 0 Å². The van der Waals surface area contributed by atoms with E-state index in [0.29, 0.717) is 5.66 Å². The van der Waals surface area contributed by atoms with Gasteiger partial charge in [0.2, 0.25) is 0 Å². The van der Waals surface area contributed by atoms with Gasteiger partial charge in [-0.3, -0.25) is 0 Å². The molecule has 0 N–H and O–H groups in total. The fraction of sp³-hybridized carbons (Fsp3) is 0.538. The van der Waals surface area contributed by atoms with Crippen molar-refractivity contribution >= 4 is 17.8 Å². The summed E-state index contributed by atoms with van der Waals surface area (Å²) in [4.78, 5) is 0. The monoisotopic (exact) mass is 270 g/mol. The molecule has 17 heavy (non-hydrogen) atoms. The van der Waals surface area contributed by atoms with Crippen molar-refractivity contribution < 1.29 is 9.47 Å². The second-order valence-corrected chi connectivity index (χ2v) is 10.8. The van der Waals surface area contributed by atoms with Crippen LogP contribution in [0, 0.1) is 0 Å². The summed E-state index contributed by atoms with van der Waals surface area (Å²) in [6, 6.07) is 3.00. The second kappa shape index (κ2) is 4.62. The largest absolute Gasteiger partial charge is 0.493 e. The maximum absolute atomic E-state index is 5.77. The average Bonchev–Trinajstić information content (AvgIpc) is 2.33. The first kappa shape index (κ1) is 12.9. The van der Waals surface area contributed by atoms with E-state index in [1.54, 1.807) is 14.2 Å². The Morgan fingerprint density at radius 2 is 1.82 bits per heavy atom. The molecule has 0 aromatic heterocycles. The Morgan fingerprint density at radius 3 is 2.41 bits per heavy atom. The molecule has 0 spiro atoms. The first-order valence-corrected chi connectivity index (χ1v) is 9.31. The van der Waals surface area contributed by atoms with E-state index < -0.39 is 6.04 Å². The van der Waals surface area contributed by atoms with Gasteiger partial charge in [-0.1, -0.05) is 18.7 Å². The van der Waals surface area contributed by atoms with Gasteiger partial charge in [0.05, 0.1) is 14.2 Å². The molecule has 0 saturated carbocycles. The van der Waals surface area contributed by atoms with Crippen molar-refractivity contribution in [1.82, 2.24) is 0 Å². The average molecular weight is 270 g/mol. The summed E-state index contributed by atoms with van der Waals surface area (Å²) >= 11 is 5.77. The molecule has 0 aliphatic carbocycles. The number of rotatable bonds is 2. The molecule has 1 aliphatic heterocycles. The van der Waals surface area contributed by atoms with Crippen molar-refractivity contribution in [2.45, 2.75) is 19.0 Å². The van der Waals surface area contributed by atoms with Crippen LogP contribution in [0.25, 0.3) is 0 Å². The predicted octanol–water partition coefficient (Wildman–Crippen LogP) is 3.43. The molecule has 0 unspecified atom stereocenters. The van der Waals surface area contributed by atoms with Crippen molar-refractivity contribution in [2.75, 3.05) is 27.0 Å². The minimum Gasteiger partial charge on any atom is -0.493 e. The molecule has 94 valence electrons. The van der Waals surface area contributed by atoms with E-state index >= 15 is 0 Å². The van der Waals surface area contributed by atoms with Gasteiger partial charge in [-0.25, -0.2) is 0 Å². The molecule has 2 nitrogen and oxygen atoms in total. The molecule has 4 heteroatoms. The molecule has 0 saturated heterocycles. The Labute approximate surface area is 108 Å². The van der Waals surface area contributed by atoms with Crippen LogP contribution < -0.4 is 9.47 Å². The number of aryl methyl sites for hydroxylation is 1. The Balaban J connectivity index is 2.54. The fourth-order valence-electron chi connectivity index (χ4n) is 2.37. The van der Waals surface area contributed by atoms with Crippen molar-refractivity contribution in [1.29, 1.82) is 0 Å². The van der Waals surface area contributed by atoms with E-state index in [2.05, 4.69) is 25.7 Å². The summed E-state index contributed by atoms with van der Waals surface area (Å²) < 4.78 is 10.7. The summed E-state index contributed by atoms with van der Waals surface area (Å²) in [5.41, 5.74) is 3.22. The summed E-state index contributed by atoms with van der Waals surface area (Å²) in [6.45, 7) is 4.53. The molecule has 0 fully saturated rings. The van der Waals surface area contributed by atoms with Gasteiger partial charge in [-0.2, -0.15) is 0 Å². The number of hydrogen-bond donors (Lipinski definition) is 0. The van der Waals surface area contributed by atoms with Gasteiger partial charge in [-0.15, -0.1) is 0 Å². The molecule has 2 atom stereocenters. The highest BCUT2D eigenvalue weighted by atomic mass is 32.4. The third-order valence-electron chi connectivity index (χ3n) is 3.74. The summed E-state index contributed by atoms with van der Waals surface area (Å²) in [5.74, 6) is 1.64. The lowest BCUT2D eigenvalue weighted by Crippen LogP contribution is -2.12. The van der Waals surface area contributed by atoms with E-state index in [1.165, 1.54) is 11.1 Å². The van der Waals surface area contributed by atoms with Crippen molar-refractivity contribution in [3.05, 3.63) is 23.3 Å². The zero-order chi connectivity index (χ0) is 12.6. The van der Waals surface area contributed by atoms with Gasteiger partial charge >= 0.3 is 0 Å². The zero-order valence-electron chi connectivity index (χ0n) is 10.8. The summed E-state index contributed by atoms with van der Waals surface area (Å²) in [7, 11) is 3.36. The van der Waals surface area contributed by atoms with Crippen LogP contribution in [-0.4, -0.2) is 27.0 Å². The molecular formula is C13H19O2PS. The lowest BCUT2D eigenvalue weighted by atomic mass is 10.0. The number of ether oxygens (including phenoxy) is 2. The normalized spacial score (nSPS) is 27.4. The van der Waals surface area contributed by atoms with Crippen LogP contribution in [0.3, 0.4) is 0 Å². The lowest BCUT2D eigenvalue weighted by molar-refractivity contribution is 0.354. The van der Waals surface area contributed by atoms with Crippen LogP contribution >= 0.6 is 6.04 Å². The van der Waals surface area contributed by atoms with E-state index in [-0.39, 0.29) is 0 Å². The summed E-state index contributed by atoms with van der Waals surface area (Å²) in [5, 5.41) is 0. The maximum Gasteiger partial charge on any atom is 0.161 e. The first-order chi connectivity index (χ1) is 7.99. The molecule has 2 rings (SSSR count). The van der Waals surface area contributed by atoms with Crippen LogP contribution in [0.5, 0.6) is 11.5 Å². The molecule has 0 radical (unpaired) electrons. The quantitative estimate of drug-likeness (QED) is 0.767. The van der Waals surface area contributed by atoms with Crippen molar-refractivity contribution in [3.8, 4) is 11.5 Å². The van der Waals surface area contributed by atoms with Crippen LogP contribution in [0.1, 0.15) is 23.7 Å². The molecule has 0 bridgehead atoms. The topological polar surface area (TPSA) is 18.5 Å². The molecule has 1 aromatic rings. The highest BCUT2D eigenvalue weighted by Crippen LogP contribution is 2.60. The SMILES string of the molecule is COc1cc2c(cc1OC)[C@H](C)[P@](C)(=S)CC2. The third-order valence-corrected chi connectivity index (χ3v) is 8.26. The van der Waals surface area contributed by atoms with E-state index in [1.807, 2.05) is 0 Å². The van der Waals surface area contributed by atoms with E-state index in [9.17, 15) is 0 Å². The first-order valence-electron chi connectivity index (χ1n) is 5.80. The van der Waals surface area contributed by atoms with Gasteiger partial charge in [0.15, 0.2) is 11.5 Å². The maximum atomic E-state index is 5.77. The van der Waals surface area contributed by atoms with Crippen LogP contribution in [0.4, 0.5) is 0 Å². The van der Waals surface area contributed by atoms with Crippen molar-refractivity contribution in [2.24, 2.45) is 0 Å². The zero-order valence-corrected chi connectivity index (χ0v) is 12.5. The third kappa shape index (κ3) is 2.23. The van der Waals surface area contributed by atoms with E-state index in [0.717, 1.165) is 24.1 Å². The molecule has 1 aliphatic rings. The van der Waals surface area contributed by atoms with Crippen LogP contribution in [0.2, 0.25) is 0 Å². The van der Waals surface area contributed by atoms with Gasteiger partial charge in [-0.05, 0) is 48.5 Å². The fourth-order valence-corrected chi connectivity index (χ4v) is 4.89. The van der Waals surface area contributed by atoms with Gasteiger partial charge in [0, 0.05) is 5.66 Å². The predicted molar refractivity (Wildman–Crippen MR) is 76.7 cm³/mol. The molecule has 1 heterocycles. The smallest absolute Gasteiger partial charge is 0.161 e. The Hall–Kier alpha value is -0.530. The minimum absolute atomic E-state index is 0.487. The molecular weight excluding hydrogens is 251 g/mol. The number of methoxy groups -OCH3 is 2. The number of benzene rings is 1. The van der Waals surface area contributed by atoms with E-state index in [4.69, 9.17) is 21.3 Å². The molecule has 1 aromatic carbocycles. The minimum atomic E-state index is -1.23. The highest BCUT2D eigenvalue weighted by Gasteiger charge is 2.29. The Bertz CT molecular complexity index is 485. The lowest BCUT2D eigenvalue weighted by Gasteiger charge is -2.32. The van der Waals surface area contributed by atoms with Gasteiger partial charge in [0.25, 0.3) is 0 Å². The van der Waals surface area contributed by atoms with Gasteiger partial charge < -0.3 is 9.47 Å². The van der Waals surface area contributed by atoms with Crippen LogP contribution in [0.15, 0.2) is 12.1 Å². The highest BCUT2D eigenvalue weighted by molar-refractivity contribution is 8.14. The second-order valence-electron chi connectivity index (χ2n) is 4.73. The standard InChI is InChI=1S/C13H19O2PS/c1-9-11-8-13(15-3)12(14-2)7-10(11)5-6-16(9,4)17/h7-9H,5-6H2,1-4H3/t9-,16+/m0/s1. The molecule has 0 amide bonds. The summed E-state index contributed by atoms with van der Waals surface area (Å²) in [6.07, 6.45) is 2.24. The van der Waals surface area contributed by atoms with Crippen LogP contribution in [-0.2, 0) is 18.2 Å². The Morgan fingerprint density at radius 1 is 1.24 bits per heavy atom. The Kier molecular flexibility index (Phi) is 3.51.